The Kier molecular flexibility index (Phi) is 5.96. The van der Waals surface area contributed by atoms with Gasteiger partial charge in [-0.1, -0.05) is 12.1 Å². The lowest BCUT2D eigenvalue weighted by molar-refractivity contribution is -0.119. The smallest absolute Gasteiger partial charge is 0.209 e. The molecule has 1 aromatic heterocycles. The Hall–Kier alpha value is -2.93. The highest BCUT2D eigenvalue weighted by molar-refractivity contribution is 7.80. The van der Waals surface area contributed by atoms with E-state index in [4.69, 9.17) is 0 Å². The number of thiol groups is 1. The van der Waals surface area contributed by atoms with E-state index < -0.39 is 5.41 Å². The Labute approximate surface area is 185 Å². The number of piperidine rings is 1. The summed E-state index contributed by atoms with van der Waals surface area (Å²) < 4.78 is 27.3. The molecule has 0 spiro atoms. The van der Waals surface area contributed by atoms with Gasteiger partial charge < -0.3 is 10.2 Å². The van der Waals surface area contributed by atoms with Crippen LogP contribution in [0.15, 0.2) is 59.8 Å². The van der Waals surface area contributed by atoms with Crippen LogP contribution in [0.25, 0.3) is 0 Å². The van der Waals surface area contributed by atoms with Gasteiger partial charge in [0.15, 0.2) is 0 Å². The first-order valence-corrected chi connectivity index (χ1v) is 10.5. The monoisotopic (exact) mass is 439 g/mol. The number of amides is 1. The summed E-state index contributed by atoms with van der Waals surface area (Å²) in [5, 5.41) is 3.97. The molecule has 0 unspecified atom stereocenters. The Morgan fingerprint density at radius 1 is 1.03 bits per heavy atom. The standard InChI is InChI=1S/C24H23F2N3OS/c1-16-12-19(26)6-7-21(16)28-22-13-23(31)27-14-20(22)24(8-10-29(15-30)11-9-24)17-2-4-18(25)5-3-17/h2-7,12-15H,8-11H2,1H3,(H2,27,28,31). The van der Waals surface area contributed by atoms with Crippen LogP contribution in [0.1, 0.15) is 29.5 Å². The Balaban J connectivity index is 1.83. The van der Waals surface area contributed by atoms with Crippen molar-refractivity contribution in [2.45, 2.75) is 30.2 Å². The number of halogens is 2. The molecular formula is C24H23F2N3OS. The van der Waals surface area contributed by atoms with E-state index in [1.807, 2.05) is 13.0 Å². The van der Waals surface area contributed by atoms with Crippen LogP contribution in [-0.2, 0) is 10.2 Å². The number of likely N-dealkylation sites (tertiary alicyclic amines) is 1. The molecule has 31 heavy (non-hydrogen) atoms. The molecule has 2 heterocycles. The van der Waals surface area contributed by atoms with Crippen molar-refractivity contribution in [1.82, 2.24) is 9.88 Å². The second-order valence-electron chi connectivity index (χ2n) is 7.90. The summed E-state index contributed by atoms with van der Waals surface area (Å²) in [6.07, 6.45) is 4.00. The molecular weight excluding hydrogens is 416 g/mol. The number of aromatic nitrogens is 1. The van der Waals surface area contributed by atoms with Crippen molar-refractivity contribution in [3.8, 4) is 0 Å². The fraction of sp³-hybridized carbons (Fsp3) is 0.250. The fourth-order valence-electron chi connectivity index (χ4n) is 4.34. The third kappa shape index (κ3) is 4.28. The van der Waals surface area contributed by atoms with Crippen LogP contribution >= 0.6 is 12.6 Å². The molecule has 1 fully saturated rings. The number of benzene rings is 2. The highest BCUT2D eigenvalue weighted by Gasteiger charge is 2.39. The number of hydrogen-bond donors (Lipinski definition) is 2. The molecule has 2 aromatic carbocycles. The molecule has 0 atom stereocenters. The minimum Gasteiger partial charge on any atom is -0.355 e. The Morgan fingerprint density at radius 2 is 1.71 bits per heavy atom. The molecule has 0 bridgehead atoms. The van der Waals surface area contributed by atoms with E-state index in [1.165, 1.54) is 24.3 Å². The number of nitrogens with zero attached hydrogens (tertiary/aromatic N) is 2. The van der Waals surface area contributed by atoms with Crippen molar-refractivity contribution in [1.29, 1.82) is 0 Å². The maximum atomic E-state index is 13.7. The second-order valence-corrected chi connectivity index (χ2v) is 8.36. The van der Waals surface area contributed by atoms with E-state index in [0.717, 1.165) is 34.5 Å². The SMILES string of the molecule is Cc1cc(F)ccc1Nc1cc(S)ncc1C1(c2ccc(F)cc2)CCN(C=O)CC1. The van der Waals surface area contributed by atoms with Crippen molar-refractivity contribution in [3.63, 3.8) is 0 Å². The first-order chi connectivity index (χ1) is 14.9. The van der Waals surface area contributed by atoms with Gasteiger partial charge >= 0.3 is 0 Å². The molecule has 7 heteroatoms. The van der Waals surface area contributed by atoms with Gasteiger partial charge in [0, 0.05) is 41.6 Å². The molecule has 1 aliphatic heterocycles. The lowest BCUT2D eigenvalue weighted by Crippen LogP contribution is -2.43. The van der Waals surface area contributed by atoms with Crippen LogP contribution in [0.4, 0.5) is 20.2 Å². The summed E-state index contributed by atoms with van der Waals surface area (Å²) in [6, 6.07) is 13.0. The van der Waals surface area contributed by atoms with Crippen molar-refractivity contribution >= 4 is 30.4 Å². The van der Waals surface area contributed by atoms with E-state index in [2.05, 4.69) is 22.9 Å². The molecule has 4 nitrogen and oxygen atoms in total. The van der Waals surface area contributed by atoms with Crippen molar-refractivity contribution < 1.29 is 13.6 Å². The first-order valence-electron chi connectivity index (χ1n) is 10.1. The summed E-state index contributed by atoms with van der Waals surface area (Å²) in [7, 11) is 0. The third-order valence-electron chi connectivity index (χ3n) is 6.06. The van der Waals surface area contributed by atoms with Crippen molar-refractivity contribution in [2.75, 3.05) is 18.4 Å². The molecule has 3 aromatic rings. The van der Waals surface area contributed by atoms with Gasteiger partial charge in [0.2, 0.25) is 6.41 Å². The van der Waals surface area contributed by atoms with E-state index in [9.17, 15) is 13.6 Å². The summed E-state index contributed by atoms with van der Waals surface area (Å²) in [5.74, 6) is -0.592. The highest BCUT2D eigenvalue weighted by Crippen LogP contribution is 2.45. The summed E-state index contributed by atoms with van der Waals surface area (Å²) >= 11 is 4.42. The minimum atomic E-state index is -0.460. The molecule has 0 saturated carbocycles. The van der Waals surface area contributed by atoms with Crippen molar-refractivity contribution in [3.05, 3.63) is 83.1 Å². The van der Waals surface area contributed by atoms with Crippen LogP contribution in [0, 0.1) is 18.6 Å². The summed E-state index contributed by atoms with van der Waals surface area (Å²) in [6.45, 7) is 3.00. The number of pyridine rings is 1. The Bertz CT molecular complexity index is 1100. The van der Waals surface area contributed by atoms with Gasteiger partial charge in [-0.3, -0.25) is 4.79 Å². The lowest BCUT2D eigenvalue weighted by atomic mass is 9.68. The van der Waals surface area contributed by atoms with Gasteiger partial charge in [-0.15, -0.1) is 12.6 Å². The van der Waals surface area contributed by atoms with Crippen LogP contribution < -0.4 is 5.32 Å². The number of nitrogens with one attached hydrogen (secondary N) is 1. The maximum Gasteiger partial charge on any atom is 0.209 e. The molecule has 0 aliphatic carbocycles. The topological polar surface area (TPSA) is 45.2 Å². The van der Waals surface area contributed by atoms with E-state index >= 15 is 0 Å². The van der Waals surface area contributed by atoms with Crippen LogP contribution in [0.5, 0.6) is 0 Å². The summed E-state index contributed by atoms with van der Waals surface area (Å²) in [4.78, 5) is 17.5. The van der Waals surface area contributed by atoms with Gasteiger partial charge in [-0.05, 0) is 67.3 Å². The molecule has 160 valence electrons. The Morgan fingerprint density at radius 3 is 2.35 bits per heavy atom. The molecule has 1 N–H and O–H groups in total. The zero-order valence-electron chi connectivity index (χ0n) is 17.1. The maximum absolute atomic E-state index is 13.7. The normalized spacial score (nSPS) is 15.5. The first kappa shape index (κ1) is 21.3. The van der Waals surface area contributed by atoms with Gasteiger partial charge in [0.25, 0.3) is 0 Å². The number of aryl methyl sites for hydroxylation is 1. The minimum absolute atomic E-state index is 0.295. The molecule has 0 radical (unpaired) electrons. The lowest BCUT2D eigenvalue weighted by Gasteiger charge is -2.42. The average molecular weight is 440 g/mol. The number of rotatable bonds is 5. The second kappa shape index (κ2) is 8.67. The predicted octanol–water partition coefficient (Wildman–Crippen LogP) is 5.24. The average Bonchev–Trinajstić information content (AvgIpc) is 2.76. The zero-order chi connectivity index (χ0) is 22.0. The van der Waals surface area contributed by atoms with E-state index in [0.29, 0.717) is 31.0 Å². The molecule has 4 rings (SSSR count). The molecule has 1 amide bonds. The largest absolute Gasteiger partial charge is 0.355 e. The number of anilines is 2. The summed E-state index contributed by atoms with van der Waals surface area (Å²) in [5.41, 5.74) is 3.80. The number of carbonyl (C=O) groups is 1. The van der Waals surface area contributed by atoms with Crippen molar-refractivity contribution in [2.24, 2.45) is 0 Å². The van der Waals surface area contributed by atoms with Crippen LogP contribution in [0.3, 0.4) is 0 Å². The number of hydrogen-bond acceptors (Lipinski definition) is 4. The number of carbonyl (C=O) groups excluding carboxylic acids is 1. The van der Waals surface area contributed by atoms with Crippen LogP contribution in [-0.4, -0.2) is 29.4 Å². The predicted molar refractivity (Wildman–Crippen MR) is 120 cm³/mol. The van der Waals surface area contributed by atoms with Crippen LogP contribution in [0.2, 0.25) is 0 Å². The van der Waals surface area contributed by atoms with Gasteiger partial charge in [-0.25, -0.2) is 13.8 Å². The third-order valence-corrected chi connectivity index (χ3v) is 6.30. The van der Waals surface area contributed by atoms with Gasteiger partial charge in [0.05, 0.1) is 5.03 Å². The van der Waals surface area contributed by atoms with Gasteiger partial charge in [-0.2, -0.15) is 0 Å². The molecule has 1 saturated heterocycles. The highest BCUT2D eigenvalue weighted by atomic mass is 32.1. The van der Waals surface area contributed by atoms with E-state index in [1.54, 1.807) is 29.3 Å². The van der Waals surface area contributed by atoms with E-state index in [-0.39, 0.29) is 11.6 Å². The molecule has 1 aliphatic rings. The quantitative estimate of drug-likeness (QED) is 0.422. The fourth-order valence-corrected chi connectivity index (χ4v) is 4.52. The van der Waals surface area contributed by atoms with Gasteiger partial charge in [0.1, 0.15) is 11.6 Å². The zero-order valence-corrected chi connectivity index (χ0v) is 18.0.